The third-order valence-electron chi connectivity index (χ3n) is 3.52. The molecule has 1 heterocycles. The molecule has 31 heavy (non-hydrogen) atoms. The van der Waals surface area contributed by atoms with Crippen molar-refractivity contribution in [2.45, 2.75) is 19.6 Å². The summed E-state index contributed by atoms with van der Waals surface area (Å²) < 4.78 is 66.7. The maximum atomic E-state index is 12.7. The first-order valence-corrected chi connectivity index (χ1v) is 10.5. The zero-order chi connectivity index (χ0) is 23.2. The van der Waals surface area contributed by atoms with Crippen molar-refractivity contribution in [2.75, 3.05) is 22.9 Å². The van der Waals surface area contributed by atoms with E-state index in [1.54, 1.807) is 0 Å². The van der Waals surface area contributed by atoms with Crippen LogP contribution in [0.1, 0.15) is 22.8 Å². The van der Waals surface area contributed by atoms with E-state index in [2.05, 4.69) is 25.1 Å². The molecule has 0 radical (unpaired) electrons. The average molecular weight is 460 g/mol. The third-order valence-corrected chi connectivity index (χ3v) is 4.11. The molecule has 3 N–H and O–H groups in total. The fraction of sp³-hybridized carbons (Fsp3) is 0.278. The van der Waals surface area contributed by atoms with E-state index in [4.69, 9.17) is 0 Å². The van der Waals surface area contributed by atoms with Gasteiger partial charge in [-0.25, -0.2) is 13.4 Å². The molecule has 0 atom stereocenters. The van der Waals surface area contributed by atoms with Gasteiger partial charge in [0, 0.05) is 31.4 Å². The highest BCUT2D eigenvalue weighted by molar-refractivity contribution is 7.92. The molecule has 0 aliphatic carbocycles. The fourth-order valence-corrected chi connectivity index (χ4v) is 2.95. The highest BCUT2D eigenvalue weighted by atomic mass is 32.2. The van der Waals surface area contributed by atoms with E-state index in [0.717, 1.165) is 6.26 Å². The lowest BCUT2D eigenvalue weighted by Crippen LogP contribution is -2.25. The molecule has 0 saturated heterocycles. The Hall–Kier alpha value is -3.35. The molecular weight excluding hydrogens is 441 g/mol. The molecule has 0 aliphatic heterocycles. The zero-order valence-corrected chi connectivity index (χ0v) is 17.2. The molecule has 0 spiro atoms. The van der Waals surface area contributed by atoms with Crippen molar-refractivity contribution >= 4 is 33.2 Å². The van der Waals surface area contributed by atoms with Gasteiger partial charge in [0.05, 0.1) is 17.5 Å². The molecule has 0 fully saturated rings. The van der Waals surface area contributed by atoms with Crippen molar-refractivity contribution < 1.29 is 35.9 Å². The van der Waals surface area contributed by atoms with Crippen molar-refractivity contribution in [1.29, 1.82) is 0 Å². The summed E-state index contributed by atoms with van der Waals surface area (Å²) in [5.41, 5.74) is 0.580. The fourth-order valence-electron chi connectivity index (χ4n) is 2.37. The number of benzene rings is 1. The van der Waals surface area contributed by atoms with Gasteiger partial charge in [0.2, 0.25) is 21.8 Å². The number of nitrogens with zero attached hydrogens (tertiary/aromatic N) is 1. The number of anilines is 2. The van der Waals surface area contributed by atoms with Crippen LogP contribution in [0.3, 0.4) is 0 Å². The second kappa shape index (κ2) is 9.64. The first kappa shape index (κ1) is 23.9. The van der Waals surface area contributed by atoms with E-state index in [1.807, 2.05) is 0 Å². The van der Waals surface area contributed by atoms with Gasteiger partial charge in [-0.15, -0.1) is 0 Å². The van der Waals surface area contributed by atoms with E-state index in [1.165, 1.54) is 43.5 Å². The Kier molecular flexibility index (Phi) is 7.44. The number of amides is 2. The van der Waals surface area contributed by atoms with Gasteiger partial charge < -0.3 is 15.4 Å². The first-order valence-electron chi connectivity index (χ1n) is 8.64. The zero-order valence-electron chi connectivity index (χ0n) is 16.4. The highest BCUT2D eigenvalue weighted by Crippen LogP contribution is 2.22. The van der Waals surface area contributed by atoms with Crippen LogP contribution in [0.4, 0.5) is 24.5 Å². The maximum Gasteiger partial charge on any atom is 0.422 e. The summed E-state index contributed by atoms with van der Waals surface area (Å²) in [6, 6.07) is 6.71. The SMILES string of the molecule is CC(=O)Nc1ccc(NS(C)(=O)=O)c(C(=O)NCc2ccnc(OCC(F)(F)F)c2)c1. The van der Waals surface area contributed by atoms with E-state index in [0.29, 0.717) is 5.56 Å². The average Bonchev–Trinajstić information content (AvgIpc) is 2.64. The molecule has 0 bridgehead atoms. The summed E-state index contributed by atoms with van der Waals surface area (Å²) in [7, 11) is -3.69. The first-order chi connectivity index (χ1) is 14.3. The Morgan fingerprint density at radius 1 is 1.16 bits per heavy atom. The number of carbonyl (C=O) groups is 2. The van der Waals surface area contributed by atoms with E-state index < -0.39 is 34.6 Å². The van der Waals surface area contributed by atoms with Crippen LogP contribution in [-0.4, -0.2) is 44.3 Å². The number of carbonyl (C=O) groups excluding carboxylic acids is 2. The summed E-state index contributed by atoms with van der Waals surface area (Å²) in [4.78, 5) is 27.6. The summed E-state index contributed by atoms with van der Waals surface area (Å²) in [5.74, 6) is -1.34. The number of halogens is 3. The number of aromatic nitrogens is 1. The number of hydrogen-bond acceptors (Lipinski definition) is 6. The lowest BCUT2D eigenvalue weighted by Gasteiger charge is -2.14. The van der Waals surface area contributed by atoms with Crippen LogP contribution in [0.2, 0.25) is 0 Å². The smallest absolute Gasteiger partial charge is 0.422 e. The van der Waals surface area contributed by atoms with Gasteiger partial charge in [-0.2, -0.15) is 13.2 Å². The molecule has 0 saturated carbocycles. The van der Waals surface area contributed by atoms with Gasteiger partial charge in [0.1, 0.15) is 0 Å². The van der Waals surface area contributed by atoms with Crippen LogP contribution in [-0.2, 0) is 21.4 Å². The van der Waals surface area contributed by atoms with Crippen molar-refractivity contribution in [3.63, 3.8) is 0 Å². The summed E-state index contributed by atoms with van der Waals surface area (Å²) in [6.07, 6.45) is -2.38. The van der Waals surface area contributed by atoms with E-state index >= 15 is 0 Å². The minimum absolute atomic E-state index is 0.0157. The number of hydrogen-bond donors (Lipinski definition) is 3. The van der Waals surface area contributed by atoms with Crippen LogP contribution in [0.5, 0.6) is 5.88 Å². The lowest BCUT2D eigenvalue weighted by molar-refractivity contribution is -0.154. The Balaban J connectivity index is 2.17. The lowest BCUT2D eigenvalue weighted by atomic mass is 10.1. The van der Waals surface area contributed by atoms with Crippen molar-refractivity contribution in [3.05, 3.63) is 47.7 Å². The third kappa shape index (κ3) is 8.50. The Bertz CT molecular complexity index is 1070. The monoisotopic (exact) mass is 460 g/mol. The van der Waals surface area contributed by atoms with Crippen molar-refractivity contribution in [2.24, 2.45) is 0 Å². The van der Waals surface area contributed by atoms with E-state index in [-0.39, 0.29) is 29.4 Å². The Morgan fingerprint density at radius 2 is 1.87 bits per heavy atom. The molecule has 0 aliphatic rings. The van der Waals surface area contributed by atoms with Crippen molar-refractivity contribution in [3.8, 4) is 5.88 Å². The van der Waals surface area contributed by atoms with Gasteiger partial charge in [0.15, 0.2) is 6.61 Å². The second-order valence-corrected chi connectivity index (χ2v) is 8.15. The minimum Gasteiger partial charge on any atom is -0.468 e. The molecule has 1 aromatic carbocycles. The number of pyridine rings is 1. The molecule has 13 heteroatoms. The molecule has 2 amide bonds. The minimum atomic E-state index is -4.52. The Morgan fingerprint density at radius 3 is 2.48 bits per heavy atom. The number of nitrogens with one attached hydrogen (secondary N) is 3. The van der Waals surface area contributed by atoms with Crippen LogP contribution < -0.4 is 20.1 Å². The van der Waals surface area contributed by atoms with Crippen LogP contribution in [0.25, 0.3) is 0 Å². The number of alkyl halides is 3. The number of rotatable bonds is 8. The summed E-state index contributed by atoms with van der Waals surface area (Å²) >= 11 is 0. The molecule has 1 aromatic heterocycles. The molecule has 2 rings (SSSR count). The molecule has 9 nitrogen and oxygen atoms in total. The predicted octanol–water partition coefficient (Wildman–Crippen LogP) is 2.28. The van der Waals surface area contributed by atoms with Crippen LogP contribution in [0, 0.1) is 0 Å². The van der Waals surface area contributed by atoms with Crippen molar-refractivity contribution in [1.82, 2.24) is 10.3 Å². The largest absolute Gasteiger partial charge is 0.468 e. The van der Waals surface area contributed by atoms with Gasteiger partial charge in [-0.05, 0) is 29.8 Å². The summed E-state index contributed by atoms with van der Waals surface area (Å²) in [5, 5.41) is 5.01. The predicted molar refractivity (Wildman–Crippen MR) is 106 cm³/mol. The quantitative estimate of drug-likeness (QED) is 0.555. The topological polar surface area (TPSA) is 126 Å². The van der Waals surface area contributed by atoms with Gasteiger partial charge in [-0.3, -0.25) is 14.3 Å². The van der Waals surface area contributed by atoms with Gasteiger partial charge in [-0.1, -0.05) is 0 Å². The normalized spacial score (nSPS) is 11.5. The molecule has 0 unspecified atom stereocenters. The second-order valence-electron chi connectivity index (χ2n) is 6.40. The maximum absolute atomic E-state index is 12.7. The molecule has 168 valence electrons. The standard InChI is InChI=1S/C18H19F3N4O5S/c1-11(26)24-13-3-4-15(25-31(2,28)29)14(8-13)17(27)23-9-12-5-6-22-16(7-12)30-10-18(19,20)21/h3-8,25H,9-10H2,1-2H3,(H,23,27)(H,24,26). The van der Waals surface area contributed by atoms with E-state index in [9.17, 15) is 31.2 Å². The Labute approximate surface area is 176 Å². The highest BCUT2D eigenvalue weighted by Gasteiger charge is 2.28. The summed E-state index contributed by atoms with van der Waals surface area (Å²) in [6.45, 7) is -0.344. The number of ether oxygens (including phenoxy) is 1. The molecular formula is C18H19F3N4O5S. The van der Waals surface area contributed by atoms with Crippen LogP contribution >= 0.6 is 0 Å². The van der Waals surface area contributed by atoms with Crippen LogP contribution in [0.15, 0.2) is 36.5 Å². The van der Waals surface area contributed by atoms with Gasteiger partial charge >= 0.3 is 6.18 Å². The number of sulfonamides is 1. The molecule has 2 aromatic rings. The van der Waals surface area contributed by atoms with Gasteiger partial charge in [0.25, 0.3) is 5.91 Å².